The molecule has 1 rings (SSSR count). The molecular weight excluding hydrogens is 272 g/mol. The molecule has 21 heavy (non-hydrogen) atoms. The Balaban J connectivity index is 3.28. The molecule has 0 fully saturated rings. The van der Waals surface area contributed by atoms with Crippen molar-refractivity contribution in [3.63, 3.8) is 0 Å². The third-order valence-electron chi connectivity index (χ3n) is 4.68. The van der Waals surface area contributed by atoms with Gasteiger partial charge in [0.05, 0.1) is 0 Å². The second kappa shape index (κ2) is 7.58. The van der Waals surface area contributed by atoms with Crippen molar-refractivity contribution in [1.82, 2.24) is 0 Å². The molecule has 0 aromatic heterocycles. The molecule has 0 aliphatic heterocycles. The number of hydrogen-bond donors (Lipinski definition) is 0. The zero-order chi connectivity index (χ0) is 16.0. The molecule has 1 aromatic carbocycles. The Bertz CT molecular complexity index is 498. The first-order valence-corrected chi connectivity index (χ1v) is 10.1. The van der Waals surface area contributed by atoms with Crippen LogP contribution in [0.4, 0.5) is 0 Å². The molecule has 0 N–H and O–H groups in total. The minimum atomic E-state index is -1.90. The van der Waals surface area contributed by atoms with Crippen LogP contribution in [0.25, 0.3) is 6.08 Å². The fourth-order valence-corrected chi connectivity index (χ4v) is 10.4. The molecule has 0 saturated heterocycles. The van der Waals surface area contributed by atoms with E-state index in [0.717, 1.165) is 10.8 Å². The highest BCUT2D eigenvalue weighted by molar-refractivity contribution is 6.91. The average molecular weight is 301 g/mol. The van der Waals surface area contributed by atoms with Gasteiger partial charge >= 0.3 is 0 Å². The lowest BCUT2D eigenvalue weighted by Crippen LogP contribution is -2.46. The molecule has 2 heteroatoms. The van der Waals surface area contributed by atoms with Gasteiger partial charge in [-0.25, -0.2) is 4.79 Å². The summed E-state index contributed by atoms with van der Waals surface area (Å²) in [5.74, 6) is 2.30. The fourth-order valence-electron chi connectivity index (χ4n) is 3.94. The van der Waals surface area contributed by atoms with Crippen LogP contribution in [0.3, 0.4) is 0 Å². The van der Waals surface area contributed by atoms with Crippen LogP contribution >= 0.6 is 0 Å². The molecule has 0 radical (unpaired) electrons. The van der Waals surface area contributed by atoms with Crippen molar-refractivity contribution in [3.8, 4) is 0 Å². The Morgan fingerprint density at radius 2 is 1.43 bits per heavy atom. The first kappa shape index (κ1) is 17.7. The lowest BCUT2D eigenvalue weighted by atomic mass is 10.2. The van der Waals surface area contributed by atoms with Gasteiger partial charge in [0.25, 0.3) is 0 Å². The average Bonchev–Trinajstić information content (AvgIpc) is 2.43. The van der Waals surface area contributed by atoms with Gasteiger partial charge in [0, 0.05) is 5.20 Å². The quantitative estimate of drug-likeness (QED) is 0.375. The van der Waals surface area contributed by atoms with E-state index in [-0.39, 0.29) is 0 Å². The highest BCUT2D eigenvalue weighted by Crippen LogP contribution is 2.46. The van der Waals surface area contributed by atoms with Gasteiger partial charge < -0.3 is 0 Å². The second-order valence-corrected chi connectivity index (χ2v) is 12.5. The third kappa shape index (κ3) is 3.64. The van der Waals surface area contributed by atoms with Crippen molar-refractivity contribution in [3.05, 3.63) is 47.2 Å². The monoisotopic (exact) mass is 300 g/mol. The number of rotatable bonds is 6. The Labute approximate surface area is 130 Å². The molecule has 114 valence electrons. The summed E-state index contributed by atoms with van der Waals surface area (Å²) in [6, 6.07) is 10.2. The highest BCUT2D eigenvalue weighted by Gasteiger charge is 2.46. The van der Waals surface area contributed by atoms with Crippen LogP contribution in [0.2, 0.25) is 16.6 Å². The van der Waals surface area contributed by atoms with Crippen LogP contribution in [0.1, 0.15) is 47.1 Å². The van der Waals surface area contributed by atoms with E-state index in [1.54, 1.807) is 0 Å². The molecule has 0 aliphatic rings. The first-order chi connectivity index (χ1) is 9.87. The van der Waals surface area contributed by atoms with Crippen LogP contribution < -0.4 is 0 Å². The summed E-state index contributed by atoms with van der Waals surface area (Å²) in [7, 11) is -1.90. The van der Waals surface area contributed by atoms with E-state index in [1.165, 1.54) is 0 Å². The number of benzene rings is 1. The largest absolute Gasteiger partial charge is 0.234 e. The number of carbonyl (C=O) groups excluding carboxylic acids is 1. The van der Waals surface area contributed by atoms with Gasteiger partial charge in [-0.15, -0.1) is 0 Å². The predicted octanol–water partition coefficient (Wildman–Crippen LogP) is 5.68. The van der Waals surface area contributed by atoms with Crippen molar-refractivity contribution >= 4 is 20.1 Å². The van der Waals surface area contributed by atoms with Gasteiger partial charge in [-0.05, 0) is 22.2 Å². The van der Waals surface area contributed by atoms with Gasteiger partial charge in [0.2, 0.25) is 0 Å². The summed E-state index contributed by atoms with van der Waals surface area (Å²) < 4.78 is 0. The minimum absolute atomic E-state index is 0.523. The molecule has 1 nitrogen and oxygen atoms in total. The summed E-state index contributed by atoms with van der Waals surface area (Å²) in [4.78, 5) is 11.7. The molecule has 0 saturated carbocycles. The Morgan fingerprint density at radius 1 is 0.952 bits per heavy atom. The van der Waals surface area contributed by atoms with Crippen molar-refractivity contribution in [2.24, 2.45) is 0 Å². The van der Waals surface area contributed by atoms with Crippen molar-refractivity contribution in [2.75, 3.05) is 0 Å². The zero-order valence-corrected chi connectivity index (χ0v) is 15.2. The van der Waals surface area contributed by atoms with Crippen molar-refractivity contribution in [2.45, 2.75) is 58.2 Å². The van der Waals surface area contributed by atoms with Crippen molar-refractivity contribution in [1.29, 1.82) is 0 Å². The number of allylic oxidation sites excluding steroid dienone is 2. The molecule has 0 heterocycles. The minimum Gasteiger partial charge on any atom is -0.234 e. The Morgan fingerprint density at radius 3 is 1.81 bits per heavy atom. The van der Waals surface area contributed by atoms with Crippen LogP contribution in [0, 0.1) is 0 Å². The molecule has 0 atom stereocenters. The van der Waals surface area contributed by atoms with Crippen LogP contribution in [-0.4, -0.2) is 14.0 Å². The van der Waals surface area contributed by atoms with Crippen LogP contribution in [0.15, 0.2) is 41.6 Å². The van der Waals surface area contributed by atoms with E-state index in [9.17, 15) is 4.79 Å². The van der Waals surface area contributed by atoms with E-state index >= 15 is 0 Å². The fraction of sp³-hybridized carbons (Fsp3) is 0.474. The van der Waals surface area contributed by atoms with Gasteiger partial charge in [-0.1, -0.05) is 84.0 Å². The maximum atomic E-state index is 11.7. The Hall–Kier alpha value is -1.37. The molecule has 0 spiro atoms. The predicted molar refractivity (Wildman–Crippen MR) is 95.7 cm³/mol. The van der Waals surface area contributed by atoms with Gasteiger partial charge in [0.15, 0.2) is 0 Å². The normalized spacial score (nSPS) is 12.4. The Kier molecular flexibility index (Phi) is 6.38. The van der Waals surface area contributed by atoms with Gasteiger partial charge in [0.1, 0.15) is 14.0 Å². The van der Waals surface area contributed by atoms with Crippen LogP contribution in [0.5, 0.6) is 0 Å². The summed E-state index contributed by atoms with van der Waals surface area (Å²) in [5.41, 5.74) is 2.70. The van der Waals surface area contributed by atoms with Crippen LogP contribution in [-0.2, 0) is 4.79 Å². The van der Waals surface area contributed by atoms with Gasteiger partial charge in [-0.2, -0.15) is 0 Å². The molecule has 0 aliphatic carbocycles. The molecular formula is C19H28OSi. The van der Waals surface area contributed by atoms with E-state index in [4.69, 9.17) is 0 Å². The summed E-state index contributed by atoms with van der Waals surface area (Å²) >= 11 is 0. The summed E-state index contributed by atoms with van der Waals surface area (Å²) in [6.07, 6.45) is 4.07. The van der Waals surface area contributed by atoms with Gasteiger partial charge in [-0.3, -0.25) is 0 Å². The topological polar surface area (TPSA) is 17.1 Å². The second-order valence-electron chi connectivity index (χ2n) is 6.66. The molecule has 0 bridgehead atoms. The molecule has 1 aromatic rings. The lowest BCUT2D eigenvalue weighted by molar-refractivity contribution is 0.568. The molecule has 0 amide bonds. The maximum absolute atomic E-state index is 11.7. The van der Waals surface area contributed by atoms with E-state index in [1.807, 2.05) is 24.3 Å². The smallest absolute Gasteiger partial charge is 0.123 e. The zero-order valence-electron chi connectivity index (χ0n) is 14.2. The molecule has 0 unspecified atom stereocenters. The highest BCUT2D eigenvalue weighted by atomic mass is 28.3. The van der Waals surface area contributed by atoms with E-state index < -0.39 is 8.07 Å². The summed E-state index contributed by atoms with van der Waals surface area (Å²) in [6.45, 7) is 13.6. The standard InChI is InChI=1S/C19H28OSi/c1-15(2)21(16(3)4,17(5)6)19(14-20)13-12-18-10-8-7-9-11-18/h7-13,15-17H,1-6H3/b13-12-. The van der Waals surface area contributed by atoms with E-state index in [2.05, 4.69) is 65.7 Å². The first-order valence-electron chi connectivity index (χ1n) is 7.86. The third-order valence-corrected chi connectivity index (χ3v) is 11.6. The maximum Gasteiger partial charge on any atom is 0.123 e. The van der Waals surface area contributed by atoms with E-state index in [0.29, 0.717) is 16.6 Å². The SMILES string of the molecule is CC(C)[Si](C(=C=O)/C=C\c1ccccc1)(C(C)C)C(C)C. The summed E-state index contributed by atoms with van der Waals surface area (Å²) in [5, 5.41) is 0.923. The van der Waals surface area contributed by atoms with Crippen molar-refractivity contribution < 1.29 is 4.79 Å². The lowest BCUT2D eigenvalue weighted by Gasteiger charge is -2.42. The number of hydrogen-bond acceptors (Lipinski definition) is 1.